The molecule has 3 aromatic rings. The standard InChI is InChI=1S/C11H6Br2N2OS/c12-9-4-6(10(13)17-9)11-15-7-3-5(14)1-2-8(7)16-11/h1-4H,14H2. The fourth-order valence-corrected chi connectivity index (χ4v) is 4.32. The molecule has 0 bridgehead atoms. The van der Waals surface area contributed by atoms with Gasteiger partial charge in [-0.1, -0.05) is 0 Å². The second-order valence-corrected chi connectivity index (χ2v) is 7.23. The van der Waals surface area contributed by atoms with E-state index in [1.165, 1.54) is 0 Å². The van der Waals surface area contributed by atoms with E-state index >= 15 is 0 Å². The molecule has 3 rings (SSSR count). The average Bonchev–Trinajstić information content (AvgIpc) is 2.80. The minimum absolute atomic E-state index is 0.597. The summed E-state index contributed by atoms with van der Waals surface area (Å²) in [6.45, 7) is 0. The molecule has 17 heavy (non-hydrogen) atoms. The van der Waals surface area contributed by atoms with Crippen molar-refractivity contribution in [2.45, 2.75) is 0 Å². The van der Waals surface area contributed by atoms with Crippen molar-refractivity contribution in [3.05, 3.63) is 31.8 Å². The van der Waals surface area contributed by atoms with Gasteiger partial charge in [0.2, 0.25) is 5.89 Å². The number of halogens is 2. The highest BCUT2D eigenvalue weighted by molar-refractivity contribution is 9.12. The van der Waals surface area contributed by atoms with Gasteiger partial charge in [0.15, 0.2) is 5.58 Å². The van der Waals surface area contributed by atoms with Gasteiger partial charge >= 0.3 is 0 Å². The summed E-state index contributed by atoms with van der Waals surface area (Å²) in [4.78, 5) is 4.43. The number of fused-ring (bicyclic) bond motifs is 1. The maximum absolute atomic E-state index is 5.71. The van der Waals surface area contributed by atoms with Crippen LogP contribution in [0.1, 0.15) is 0 Å². The van der Waals surface area contributed by atoms with Gasteiger partial charge in [0.1, 0.15) is 5.52 Å². The molecule has 2 heterocycles. The molecule has 0 unspecified atom stereocenters. The predicted octanol–water partition coefficient (Wildman–Crippen LogP) is 4.66. The number of nitrogens with two attached hydrogens (primary N) is 1. The van der Waals surface area contributed by atoms with Gasteiger partial charge in [-0.15, -0.1) is 11.3 Å². The molecule has 0 aliphatic heterocycles. The Labute approximate surface area is 118 Å². The number of aromatic nitrogens is 1. The fraction of sp³-hybridized carbons (Fsp3) is 0. The van der Waals surface area contributed by atoms with Crippen molar-refractivity contribution in [1.29, 1.82) is 0 Å². The lowest BCUT2D eigenvalue weighted by Gasteiger charge is -1.89. The number of rotatable bonds is 1. The molecule has 2 N–H and O–H groups in total. The Morgan fingerprint density at radius 1 is 1.24 bits per heavy atom. The van der Waals surface area contributed by atoms with Crippen LogP contribution >= 0.6 is 43.2 Å². The molecule has 6 heteroatoms. The van der Waals surface area contributed by atoms with Crippen LogP contribution in [-0.4, -0.2) is 4.98 Å². The van der Waals surface area contributed by atoms with Crippen LogP contribution in [0.3, 0.4) is 0 Å². The third-order valence-electron chi connectivity index (χ3n) is 2.30. The summed E-state index contributed by atoms with van der Waals surface area (Å²) in [7, 11) is 0. The molecule has 0 fully saturated rings. The first-order chi connectivity index (χ1) is 8.13. The number of anilines is 1. The van der Waals surface area contributed by atoms with Crippen molar-refractivity contribution in [2.24, 2.45) is 0 Å². The SMILES string of the molecule is Nc1ccc2oc(-c3cc(Br)sc3Br)nc2c1. The largest absolute Gasteiger partial charge is 0.436 e. The van der Waals surface area contributed by atoms with Crippen LogP contribution in [0.15, 0.2) is 36.3 Å². The Hall–Kier alpha value is -0.850. The van der Waals surface area contributed by atoms with Gasteiger partial charge in [-0.3, -0.25) is 0 Å². The fourth-order valence-electron chi connectivity index (χ4n) is 1.55. The molecule has 86 valence electrons. The van der Waals surface area contributed by atoms with Crippen molar-refractivity contribution < 1.29 is 4.42 Å². The molecule has 1 aromatic carbocycles. The summed E-state index contributed by atoms with van der Waals surface area (Å²) in [5, 5.41) is 0. The predicted molar refractivity (Wildman–Crippen MR) is 77.1 cm³/mol. The van der Waals surface area contributed by atoms with E-state index in [-0.39, 0.29) is 0 Å². The van der Waals surface area contributed by atoms with Gasteiger partial charge in [0.05, 0.1) is 13.1 Å². The van der Waals surface area contributed by atoms with E-state index in [0.717, 1.165) is 24.2 Å². The molecular weight excluding hydrogens is 368 g/mol. The third kappa shape index (κ3) is 2.00. The summed E-state index contributed by atoms with van der Waals surface area (Å²) in [5.74, 6) is 0.597. The smallest absolute Gasteiger partial charge is 0.229 e. The molecule has 2 aromatic heterocycles. The van der Waals surface area contributed by atoms with Crippen molar-refractivity contribution >= 4 is 60.0 Å². The number of hydrogen-bond donors (Lipinski definition) is 1. The lowest BCUT2D eigenvalue weighted by molar-refractivity contribution is 0.620. The van der Waals surface area contributed by atoms with E-state index in [0.29, 0.717) is 11.6 Å². The van der Waals surface area contributed by atoms with Gasteiger partial charge in [0, 0.05) is 5.69 Å². The average molecular weight is 374 g/mol. The van der Waals surface area contributed by atoms with Gasteiger partial charge in [0.25, 0.3) is 0 Å². The Balaban J connectivity index is 2.21. The van der Waals surface area contributed by atoms with E-state index in [1.807, 2.05) is 12.1 Å². The second-order valence-electron chi connectivity index (χ2n) is 3.48. The van der Waals surface area contributed by atoms with Gasteiger partial charge in [-0.25, -0.2) is 4.98 Å². The molecule has 0 aliphatic carbocycles. The maximum atomic E-state index is 5.71. The minimum atomic E-state index is 0.597. The molecule has 0 radical (unpaired) electrons. The number of nitrogen functional groups attached to an aromatic ring is 1. The first-order valence-corrected chi connectivity index (χ1v) is 7.15. The van der Waals surface area contributed by atoms with Crippen molar-refractivity contribution in [3.63, 3.8) is 0 Å². The van der Waals surface area contributed by atoms with Crippen LogP contribution in [0.5, 0.6) is 0 Å². The highest BCUT2D eigenvalue weighted by atomic mass is 79.9. The summed E-state index contributed by atoms with van der Waals surface area (Å²) in [6.07, 6.45) is 0. The Bertz CT molecular complexity index is 705. The highest BCUT2D eigenvalue weighted by Crippen LogP contribution is 2.39. The zero-order valence-corrected chi connectivity index (χ0v) is 12.4. The molecule has 0 spiro atoms. The van der Waals surface area contributed by atoms with Crippen LogP contribution in [0, 0.1) is 0 Å². The Morgan fingerprint density at radius 2 is 2.06 bits per heavy atom. The molecule has 0 saturated carbocycles. The normalized spacial score (nSPS) is 11.2. The van der Waals surface area contributed by atoms with E-state index < -0.39 is 0 Å². The molecule has 3 nitrogen and oxygen atoms in total. The molecule has 0 atom stereocenters. The first kappa shape index (κ1) is 11.3. The number of benzene rings is 1. The summed E-state index contributed by atoms with van der Waals surface area (Å²) < 4.78 is 7.71. The van der Waals surface area contributed by atoms with Gasteiger partial charge in [-0.2, -0.15) is 0 Å². The number of hydrogen-bond acceptors (Lipinski definition) is 4. The van der Waals surface area contributed by atoms with Crippen molar-refractivity contribution in [1.82, 2.24) is 4.98 Å². The van der Waals surface area contributed by atoms with Crippen LogP contribution < -0.4 is 5.73 Å². The monoisotopic (exact) mass is 372 g/mol. The molecule has 0 amide bonds. The van der Waals surface area contributed by atoms with E-state index in [1.54, 1.807) is 23.5 Å². The van der Waals surface area contributed by atoms with Gasteiger partial charge in [-0.05, 0) is 56.1 Å². The lowest BCUT2D eigenvalue weighted by Crippen LogP contribution is -1.82. The van der Waals surface area contributed by atoms with Crippen molar-refractivity contribution in [2.75, 3.05) is 5.73 Å². The van der Waals surface area contributed by atoms with Crippen LogP contribution in [0.25, 0.3) is 22.6 Å². The van der Waals surface area contributed by atoms with E-state index in [2.05, 4.69) is 36.8 Å². The van der Waals surface area contributed by atoms with Crippen LogP contribution in [-0.2, 0) is 0 Å². The van der Waals surface area contributed by atoms with E-state index in [4.69, 9.17) is 10.2 Å². The third-order valence-corrected chi connectivity index (χ3v) is 4.64. The second kappa shape index (κ2) is 4.12. The molecule has 0 saturated heterocycles. The summed E-state index contributed by atoms with van der Waals surface area (Å²) >= 11 is 8.51. The maximum Gasteiger partial charge on any atom is 0.229 e. The number of oxazole rings is 1. The lowest BCUT2D eigenvalue weighted by atomic mass is 10.3. The zero-order valence-electron chi connectivity index (χ0n) is 8.41. The highest BCUT2D eigenvalue weighted by Gasteiger charge is 2.14. The number of thiophene rings is 1. The summed E-state index contributed by atoms with van der Waals surface area (Å²) in [6, 6.07) is 7.41. The zero-order chi connectivity index (χ0) is 12.0. The van der Waals surface area contributed by atoms with Crippen molar-refractivity contribution in [3.8, 4) is 11.5 Å². The minimum Gasteiger partial charge on any atom is -0.436 e. The summed E-state index contributed by atoms with van der Waals surface area (Å²) in [5.41, 5.74) is 8.85. The quantitative estimate of drug-likeness (QED) is 0.631. The van der Waals surface area contributed by atoms with Gasteiger partial charge < -0.3 is 10.2 Å². The molecule has 0 aliphatic rings. The van der Waals surface area contributed by atoms with Crippen LogP contribution in [0.2, 0.25) is 0 Å². The van der Waals surface area contributed by atoms with E-state index in [9.17, 15) is 0 Å². The van der Waals surface area contributed by atoms with Crippen LogP contribution in [0.4, 0.5) is 5.69 Å². The number of nitrogens with zero attached hydrogens (tertiary/aromatic N) is 1. The molecular formula is C11H6Br2N2OS. The first-order valence-electron chi connectivity index (χ1n) is 4.75. The topological polar surface area (TPSA) is 52.0 Å². The Kier molecular flexibility index (Phi) is 2.72. The Morgan fingerprint density at radius 3 is 2.76 bits per heavy atom.